The zero-order valence-corrected chi connectivity index (χ0v) is 17.2. The first-order chi connectivity index (χ1) is 13.8. The molecule has 5 heteroatoms. The molecule has 0 bridgehead atoms. The highest BCUT2D eigenvalue weighted by Crippen LogP contribution is 2.50. The third kappa shape index (κ3) is 3.32. The van der Waals surface area contributed by atoms with Crippen LogP contribution in [-0.4, -0.2) is 5.78 Å². The Morgan fingerprint density at radius 1 is 1.10 bits per heavy atom. The Morgan fingerprint density at radius 3 is 2.38 bits per heavy atom. The standard InChI is InChI=1S/C24H22ClN3O/c1-24(2)12-19-22(20(29)13-24)21(15-8-10-16(25)11-9-15)18(14-26)23(27)28(19)17-6-4-3-5-7-17/h3-11,21H,12-13,27H2,1-2H3/t21-/m0/s1. The van der Waals surface area contributed by atoms with E-state index in [1.807, 2.05) is 47.4 Å². The minimum absolute atomic E-state index is 0.0670. The monoisotopic (exact) mass is 403 g/mol. The molecule has 2 N–H and O–H groups in total. The van der Waals surface area contributed by atoms with E-state index in [0.717, 1.165) is 16.9 Å². The van der Waals surface area contributed by atoms with Crippen LogP contribution < -0.4 is 10.6 Å². The Labute approximate surface area is 175 Å². The number of hydrogen-bond acceptors (Lipinski definition) is 4. The molecule has 0 saturated heterocycles. The number of hydrogen-bond donors (Lipinski definition) is 1. The smallest absolute Gasteiger partial charge is 0.162 e. The summed E-state index contributed by atoms with van der Waals surface area (Å²) in [5.41, 5.74) is 10.0. The van der Waals surface area contributed by atoms with Gasteiger partial charge < -0.3 is 5.73 Å². The first-order valence-electron chi connectivity index (χ1n) is 9.59. The molecular weight excluding hydrogens is 382 g/mol. The van der Waals surface area contributed by atoms with Gasteiger partial charge in [-0.3, -0.25) is 9.69 Å². The highest BCUT2D eigenvalue weighted by molar-refractivity contribution is 6.30. The third-order valence-electron chi connectivity index (χ3n) is 5.60. The van der Waals surface area contributed by atoms with Gasteiger partial charge in [0.05, 0.1) is 17.6 Å². The maximum Gasteiger partial charge on any atom is 0.162 e. The zero-order valence-electron chi connectivity index (χ0n) is 16.4. The van der Waals surface area contributed by atoms with Gasteiger partial charge in [-0.1, -0.05) is 55.8 Å². The van der Waals surface area contributed by atoms with Gasteiger partial charge in [0.15, 0.2) is 5.78 Å². The zero-order chi connectivity index (χ0) is 20.8. The molecule has 2 aliphatic rings. The maximum absolute atomic E-state index is 13.4. The number of halogens is 1. The van der Waals surface area contributed by atoms with Crippen molar-refractivity contribution in [2.45, 2.75) is 32.6 Å². The van der Waals surface area contributed by atoms with Crippen molar-refractivity contribution in [3.63, 3.8) is 0 Å². The topological polar surface area (TPSA) is 70.1 Å². The molecule has 4 rings (SSSR count). The van der Waals surface area contributed by atoms with Crippen molar-refractivity contribution in [1.29, 1.82) is 5.26 Å². The van der Waals surface area contributed by atoms with Crippen LogP contribution in [0.3, 0.4) is 0 Å². The van der Waals surface area contributed by atoms with E-state index in [1.54, 1.807) is 12.1 Å². The first-order valence-corrected chi connectivity index (χ1v) is 9.97. The van der Waals surface area contributed by atoms with E-state index in [-0.39, 0.29) is 11.2 Å². The van der Waals surface area contributed by atoms with Gasteiger partial charge in [0, 0.05) is 28.4 Å². The molecule has 2 aromatic rings. The lowest BCUT2D eigenvalue weighted by Gasteiger charge is -2.43. The minimum atomic E-state index is -0.476. The van der Waals surface area contributed by atoms with E-state index in [1.165, 1.54) is 0 Å². The van der Waals surface area contributed by atoms with Crippen LogP contribution in [0.25, 0.3) is 0 Å². The van der Waals surface area contributed by atoms with Crippen molar-refractivity contribution in [3.8, 4) is 6.07 Å². The molecular formula is C24H22ClN3O. The van der Waals surface area contributed by atoms with Gasteiger partial charge in [-0.25, -0.2) is 0 Å². The Kier molecular flexibility index (Phi) is 4.72. The van der Waals surface area contributed by atoms with Crippen LogP contribution in [0.5, 0.6) is 0 Å². The average Bonchev–Trinajstić information content (AvgIpc) is 2.67. The number of ketones is 1. The molecule has 0 spiro atoms. The molecule has 4 nitrogen and oxygen atoms in total. The molecule has 29 heavy (non-hydrogen) atoms. The van der Waals surface area contributed by atoms with Gasteiger partial charge in [0.1, 0.15) is 5.82 Å². The maximum atomic E-state index is 13.4. The summed E-state index contributed by atoms with van der Waals surface area (Å²) in [7, 11) is 0. The fourth-order valence-electron chi connectivity index (χ4n) is 4.37. The lowest BCUT2D eigenvalue weighted by molar-refractivity contribution is -0.118. The molecule has 0 radical (unpaired) electrons. The highest BCUT2D eigenvalue weighted by atomic mass is 35.5. The fourth-order valence-corrected chi connectivity index (χ4v) is 4.50. The molecule has 0 aromatic heterocycles. The van der Waals surface area contributed by atoms with E-state index in [2.05, 4.69) is 19.9 Å². The SMILES string of the molecule is CC1(C)CC(=O)C2=C(C1)N(c1ccccc1)C(N)=C(C#N)[C@@H]2c1ccc(Cl)cc1. The Morgan fingerprint density at radius 2 is 1.76 bits per heavy atom. The third-order valence-corrected chi connectivity index (χ3v) is 5.85. The van der Waals surface area contributed by atoms with E-state index in [0.29, 0.717) is 34.8 Å². The number of anilines is 1. The molecule has 0 unspecified atom stereocenters. The summed E-state index contributed by atoms with van der Waals surface area (Å²) in [4.78, 5) is 15.2. The van der Waals surface area contributed by atoms with E-state index in [4.69, 9.17) is 17.3 Å². The average molecular weight is 404 g/mol. The van der Waals surface area contributed by atoms with Crippen LogP contribution in [0.2, 0.25) is 5.02 Å². The van der Waals surface area contributed by atoms with Crippen LogP contribution in [0.15, 0.2) is 77.3 Å². The number of carbonyl (C=O) groups is 1. The van der Waals surface area contributed by atoms with Crippen molar-refractivity contribution in [1.82, 2.24) is 0 Å². The largest absolute Gasteiger partial charge is 0.384 e. The Bertz CT molecular complexity index is 1080. The molecule has 0 fully saturated rings. The van der Waals surface area contributed by atoms with E-state index < -0.39 is 5.92 Å². The molecule has 1 heterocycles. The summed E-state index contributed by atoms with van der Waals surface area (Å²) in [5, 5.41) is 10.6. The predicted octanol–water partition coefficient (Wildman–Crippen LogP) is 5.28. The lowest BCUT2D eigenvalue weighted by atomic mass is 9.68. The Balaban J connectivity index is 1.99. The van der Waals surface area contributed by atoms with E-state index in [9.17, 15) is 10.1 Å². The van der Waals surface area contributed by atoms with Crippen LogP contribution in [0.1, 0.15) is 38.2 Å². The number of nitrogens with two attached hydrogens (primary N) is 1. The molecule has 0 amide bonds. The summed E-state index contributed by atoms with van der Waals surface area (Å²) in [6.07, 6.45) is 1.14. The normalized spacial score (nSPS) is 21.1. The molecule has 1 atom stereocenters. The predicted molar refractivity (Wildman–Crippen MR) is 115 cm³/mol. The van der Waals surface area contributed by atoms with Gasteiger partial charge >= 0.3 is 0 Å². The molecule has 1 aliphatic heterocycles. The van der Waals surface area contributed by atoms with Gasteiger partial charge in [0.2, 0.25) is 0 Å². The summed E-state index contributed by atoms with van der Waals surface area (Å²) in [6, 6.07) is 19.3. The number of nitrogens with zero attached hydrogens (tertiary/aromatic N) is 2. The van der Waals surface area contributed by atoms with Gasteiger partial charge in [-0.15, -0.1) is 0 Å². The second kappa shape index (κ2) is 7.09. The highest BCUT2D eigenvalue weighted by Gasteiger charge is 2.44. The quantitative estimate of drug-likeness (QED) is 0.740. The first kappa shape index (κ1) is 19.3. The molecule has 2 aromatic carbocycles. The molecule has 0 saturated carbocycles. The van der Waals surface area contributed by atoms with Gasteiger partial charge in [-0.2, -0.15) is 5.26 Å². The van der Waals surface area contributed by atoms with Crippen LogP contribution >= 0.6 is 11.6 Å². The van der Waals surface area contributed by atoms with Crippen molar-refractivity contribution in [2.75, 3.05) is 4.90 Å². The van der Waals surface area contributed by atoms with Crippen LogP contribution in [0.4, 0.5) is 5.69 Å². The van der Waals surface area contributed by atoms with E-state index >= 15 is 0 Å². The summed E-state index contributed by atoms with van der Waals surface area (Å²) in [6.45, 7) is 4.18. The van der Waals surface area contributed by atoms with Crippen molar-refractivity contribution in [2.24, 2.45) is 11.1 Å². The number of Topliss-reactive ketones (excluding diaryl/α,β-unsaturated/α-hetero) is 1. The summed E-state index contributed by atoms with van der Waals surface area (Å²) < 4.78 is 0. The van der Waals surface area contributed by atoms with Crippen LogP contribution in [0, 0.1) is 16.7 Å². The van der Waals surface area contributed by atoms with Crippen molar-refractivity contribution < 1.29 is 4.79 Å². The number of carbonyl (C=O) groups excluding carboxylic acids is 1. The van der Waals surface area contributed by atoms with Gasteiger partial charge in [0.25, 0.3) is 0 Å². The lowest BCUT2D eigenvalue weighted by Crippen LogP contribution is -2.42. The van der Waals surface area contributed by atoms with Crippen molar-refractivity contribution >= 4 is 23.1 Å². The molecule has 146 valence electrons. The number of rotatable bonds is 2. The fraction of sp³-hybridized carbons (Fsp3) is 0.250. The second-order valence-electron chi connectivity index (χ2n) is 8.37. The Hall–Kier alpha value is -3.03. The van der Waals surface area contributed by atoms with Crippen molar-refractivity contribution in [3.05, 3.63) is 87.8 Å². The number of allylic oxidation sites excluding steroid dienone is 3. The number of benzene rings is 2. The number of nitriles is 1. The summed E-state index contributed by atoms with van der Waals surface area (Å²) >= 11 is 6.07. The van der Waals surface area contributed by atoms with Crippen LogP contribution in [-0.2, 0) is 4.79 Å². The number of para-hydroxylation sites is 1. The minimum Gasteiger partial charge on any atom is -0.384 e. The van der Waals surface area contributed by atoms with Gasteiger partial charge in [-0.05, 0) is 41.7 Å². The summed E-state index contributed by atoms with van der Waals surface area (Å²) in [5.74, 6) is -0.0314. The second-order valence-corrected chi connectivity index (χ2v) is 8.80. The molecule has 1 aliphatic carbocycles.